The summed E-state index contributed by atoms with van der Waals surface area (Å²) in [6.07, 6.45) is 0. The van der Waals surface area contributed by atoms with Gasteiger partial charge in [0.05, 0.1) is 4.90 Å². The Labute approximate surface area is 173 Å². The van der Waals surface area contributed by atoms with E-state index in [9.17, 15) is 13.2 Å². The lowest BCUT2D eigenvalue weighted by molar-refractivity contribution is -0.114. The minimum atomic E-state index is -3.74. The lowest BCUT2D eigenvalue weighted by Crippen LogP contribution is -2.32. The van der Waals surface area contributed by atoms with Crippen molar-refractivity contribution in [2.75, 3.05) is 11.9 Å². The molecule has 0 radical (unpaired) electrons. The second-order valence-electron chi connectivity index (χ2n) is 6.94. The van der Waals surface area contributed by atoms with Gasteiger partial charge in [-0.2, -0.15) is 0 Å². The van der Waals surface area contributed by atoms with Crippen LogP contribution >= 0.6 is 12.4 Å². The lowest BCUT2D eigenvalue weighted by Gasteiger charge is -2.15. The van der Waals surface area contributed by atoms with Crippen molar-refractivity contribution in [1.82, 2.24) is 4.72 Å². The Bertz CT molecular complexity index is 913. The number of halogens is 1. The Morgan fingerprint density at radius 3 is 2.18 bits per heavy atom. The molecule has 0 saturated heterocycles. The van der Waals surface area contributed by atoms with E-state index in [0.717, 1.165) is 11.1 Å². The van der Waals surface area contributed by atoms with E-state index in [-0.39, 0.29) is 29.8 Å². The van der Waals surface area contributed by atoms with Crippen molar-refractivity contribution >= 4 is 34.0 Å². The second kappa shape index (κ2) is 10.0. The molecule has 4 N–H and O–H groups in total. The number of hydrogen-bond acceptors (Lipinski definition) is 4. The van der Waals surface area contributed by atoms with E-state index in [2.05, 4.69) is 23.9 Å². The zero-order valence-corrected chi connectivity index (χ0v) is 18.2. The molecule has 1 atom stereocenters. The van der Waals surface area contributed by atoms with Crippen molar-refractivity contribution in [3.8, 4) is 0 Å². The van der Waals surface area contributed by atoms with Gasteiger partial charge < -0.3 is 11.1 Å². The Morgan fingerprint density at radius 1 is 1.07 bits per heavy atom. The van der Waals surface area contributed by atoms with Crippen LogP contribution in [-0.4, -0.2) is 20.9 Å². The van der Waals surface area contributed by atoms with Gasteiger partial charge in [0.15, 0.2) is 0 Å². The fourth-order valence-electron chi connectivity index (χ4n) is 2.62. The number of carbonyl (C=O) groups excluding carboxylic acids is 1. The molecule has 2 rings (SSSR count). The quantitative estimate of drug-likeness (QED) is 0.632. The third-order valence-corrected chi connectivity index (χ3v) is 5.78. The maximum Gasteiger partial charge on any atom is 0.240 e. The minimum absolute atomic E-state index is 0. The summed E-state index contributed by atoms with van der Waals surface area (Å²) in [5, 5.41) is 2.63. The summed E-state index contributed by atoms with van der Waals surface area (Å²) in [7, 11) is -3.74. The maximum absolute atomic E-state index is 12.6. The molecular weight excluding hydrogens is 398 g/mol. The van der Waals surface area contributed by atoms with Crippen LogP contribution in [0.25, 0.3) is 0 Å². The van der Waals surface area contributed by atoms with Crippen LogP contribution < -0.4 is 15.8 Å². The van der Waals surface area contributed by atoms with Gasteiger partial charge in [0.25, 0.3) is 0 Å². The van der Waals surface area contributed by atoms with Gasteiger partial charge in [0.2, 0.25) is 15.9 Å². The number of rotatable bonds is 7. The number of nitrogens with two attached hydrogens (primary N) is 1. The molecule has 2 aromatic rings. The normalized spacial score (nSPS) is 12.4. The van der Waals surface area contributed by atoms with Gasteiger partial charge in [-0.05, 0) is 41.7 Å². The van der Waals surface area contributed by atoms with Crippen LogP contribution in [0.3, 0.4) is 0 Å². The smallest absolute Gasteiger partial charge is 0.240 e. The number of hydrogen-bond donors (Lipinski definition) is 3. The number of benzene rings is 2. The molecule has 0 heterocycles. The molecule has 8 heteroatoms. The third kappa shape index (κ3) is 6.31. The van der Waals surface area contributed by atoms with E-state index in [1.807, 2.05) is 24.3 Å². The van der Waals surface area contributed by atoms with Gasteiger partial charge >= 0.3 is 0 Å². The number of nitrogens with one attached hydrogen (secondary N) is 2. The topological polar surface area (TPSA) is 101 Å². The minimum Gasteiger partial charge on any atom is -0.326 e. The zero-order chi connectivity index (χ0) is 20.2. The number of anilines is 1. The molecule has 1 amide bonds. The molecule has 0 aliphatic carbocycles. The van der Waals surface area contributed by atoms with E-state index in [1.54, 1.807) is 13.0 Å². The molecule has 0 spiro atoms. The molecule has 6 nitrogen and oxygen atoms in total. The second-order valence-corrected chi connectivity index (χ2v) is 8.70. The first-order valence-electron chi connectivity index (χ1n) is 8.83. The Balaban J connectivity index is 0.00000392. The van der Waals surface area contributed by atoms with Crippen LogP contribution in [0.2, 0.25) is 0 Å². The van der Waals surface area contributed by atoms with Crippen LogP contribution in [0.4, 0.5) is 5.69 Å². The average Bonchev–Trinajstić information content (AvgIpc) is 2.61. The zero-order valence-electron chi connectivity index (χ0n) is 16.5. The first kappa shape index (κ1) is 24.1. The molecule has 0 aromatic heterocycles. The highest BCUT2D eigenvalue weighted by Gasteiger charge is 2.18. The molecule has 1 unspecified atom stereocenters. The molecule has 28 heavy (non-hydrogen) atoms. The highest BCUT2D eigenvalue weighted by molar-refractivity contribution is 7.89. The van der Waals surface area contributed by atoms with Crippen molar-refractivity contribution in [1.29, 1.82) is 0 Å². The largest absolute Gasteiger partial charge is 0.326 e. The third-order valence-electron chi connectivity index (χ3n) is 4.35. The molecule has 0 aliphatic rings. The summed E-state index contributed by atoms with van der Waals surface area (Å²) < 4.78 is 27.7. The summed E-state index contributed by atoms with van der Waals surface area (Å²) in [6.45, 7) is 7.47. The van der Waals surface area contributed by atoms with Crippen molar-refractivity contribution in [2.24, 2.45) is 5.73 Å². The lowest BCUT2D eigenvalue weighted by atomic mass is 9.99. The van der Waals surface area contributed by atoms with Gasteiger partial charge in [0.1, 0.15) is 0 Å². The van der Waals surface area contributed by atoms with Crippen LogP contribution in [0.5, 0.6) is 0 Å². The summed E-state index contributed by atoms with van der Waals surface area (Å²) >= 11 is 0. The van der Waals surface area contributed by atoms with E-state index < -0.39 is 16.1 Å². The highest BCUT2D eigenvalue weighted by Crippen LogP contribution is 2.21. The molecule has 0 bridgehead atoms. The van der Waals surface area contributed by atoms with Crippen LogP contribution in [0.1, 0.15) is 49.4 Å². The fourth-order valence-corrected chi connectivity index (χ4v) is 3.71. The predicted molar refractivity (Wildman–Crippen MR) is 115 cm³/mol. The number of amides is 1. The standard InChI is InChI=1S/C20H27N3O3S.ClH/c1-13(2)16-6-8-17(9-7-16)19(21)12-22-27(25,26)18-10-5-14(3)20(11-18)23-15(4)24;/h5-11,13,19,22H,12,21H2,1-4H3,(H,23,24);1H. The summed E-state index contributed by atoms with van der Waals surface area (Å²) in [4.78, 5) is 11.4. The SMILES string of the molecule is CC(=O)Nc1cc(S(=O)(=O)NCC(N)c2ccc(C(C)C)cc2)ccc1C.Cl. The first-order chi connectivity index (χ1) is 12.6. The van der Waals surface area contributed by atoms with Gasteiger partial charge in [-0.25, -0.2) is 13.1 Å². The Morgan fingerprint density at radius 2 is 1.64 bits per heavy atom. The number of aryl methyl sites for hydroxylation is 1. The van der Waals surface area contributed by atoms with Crippen molar-refractivity contribution in [3.05, 3.63) is 59.2 Å². The molecule has 154 valence electrons. The first-order valence-corrected chi connectivity index (χ1v) is 10.3. The van der Waals surface area contributed by atoms with Gasteiger partial charge in [-0.1, -0.05) is 44.2 Å². The monoisotopic (exact) mass is 425 g/mol. The molecule has 0 aliphatic heterocycles. The predicted octanol–water partition coefficient (Wildman–Crippen LogP) is 3.48. The van der Waals surface area contributed by atoms with Gasteiger partial charge in [0, 0.05) is 25.2 Å². The van der Waals surface area contributed by atoms with Crippen LogP contribution in [0, 0.1) is 6.92 Å². The average molecular weight is 426 g/mol. The Kier molecular flexibility index (Phi) is 8.63. The van der Waals surface area contributed by atoms with Crippen LogP contribution in [-0.2, 0) is 14.8 Å². The van der Waals surface area contributed by atoms with E-state index in [0.29, 0.717) is 11.6 Å². The molecule has 0 saturated carbocycles. The van der Waals surface area contributed by atoms with Gasteiger partial charge in [-0.15, -0.1) is 12.4 Å². The number of carbonyl (C=O) groups is 1. The van der Waals surface area contributed by atoms with Gasteiger partial charge in [-0.3, -0.25) is 4.79 Å². The fraction of sp³-hybridized carbons (Fsp3) is 0.350. The van der Waals surface area contributed by atoms with E-state index in [1.165, 1.54) is 24.6 Å². The van der Waals surface area contributed by atoms with E-state index in [4.69, 9.17) is 5.73 Å². The van der Waals surface area contributed by atoms with Crippen molar-refractivity contribution in [2.45, 2.75) is 44.6 Å². The molecule has 0 fully saturated rings. The summed E-state index contributed by atoms with van der Waals surface area (Å²) in [5.74, 6) is 0.167. The van der Waals surface area contributed by atoms with E-state index >= 15 is 0 Å². The van der Waals surface area contributed by atoms with Crippen LogP contribution in [0.15, 0.2) is 47.4 Å². The number of sulfonamides is 1. The molecular formula is C20H28ClN3O3S. The van der Waals surface area contributed by atoms with Crippen molar-refractivity contribution < 1.29 is 13.2 Å². The highest BCUT2D eigenvalue weighted by atomic mass is 35.5. The molecule has 2 aromatic carbocycles. The summed E-state index contributed by atoms with van der Waals surface area (Å²) in [6, 6.07) is 12.0. The summed E-state index contributed by atoms with van der Waals surface area (Å²) in [5.41, 5.74) is 9.47. The van der Waals surface area contributed by atoms with Crippen molar-refractivity contribution in [3.63, 3.8) is 0 Å². The Hall–Kier alpha value is -1.93. The maximum atomic E-state index is 12.6.